The fourth-order valence-electron chi connectivity index (χ4n) is 3.68. The number of para-hydroxylation sites is 1. The van der Waals surface area contributed by atoms with Gasteiger partial charge >= 0.3 is 0 Å². The molecule has 6 heteroatoms. The predicted molar refractivity (Wildman–Crippen MR) is 117 cm³/mol. The molecule has 4 aromatic rings. The number of nitrogens with zero attached hydrogens (tertiary/aromatic N) is 4. The van der Waals surface area contributed by atoms with E-state index in [9.17, 15) is 0 Å². The molecule has 1 saturated heterocycles. The molecule has 2 aromatic carbocycles. The maximum Gasteiger partial charge on any atom is 0.208 e. The topological polar surface area (TPSA) is 55.2 Å². The van der Waals surface area contributed by atoms with Gasteiger partial charge in [-0.25, -0.2) is 4.98 Å². The molecule has 2 aromatic heterocycles. The number of morpholine rings is 1. The second-order valence-electron chi connectivity index (χ2n) is 7.19. The Hall–Kier alpha value is -3.38. The van der Waals surface area contributed by atoms with E-state index in [1.807, 2.05) is 43.6 Å². The molecule has 0 atom stereocenters. The minimum atomic E-state index is 0.791. The van der Waals surface area contributed by atoms with E-state index in [0.29, 0.717) is 0 Å². The van der Waals surface area contributed by atoms with E-state index in [1.54, 1.807) is 0 Å². The van der Waals surface area contributed by atoms with Crippen molar-refractivity contribution in [2.45, 2.75) is 0 Å². The summed E-state index contributed by atoms with van der Waals surface area (Å²) in [6, 6.07) is 20.8. The van der Waals surface area contributed by atoms with Crippen molar-refractivity contribution in [3.05, 3.63) is 66.9 Å². The highest BCUT2D eigenvalue weighted by Crippen LogP contribution is 2.27. The van der Waals surface area contributed by atoms with Crippen molar-refractivity contribution >= 4 is 28.4 Å². The molecule has 0 unspecified atom stereocenters. The number of pyridine rings is 1. The molecule has 0 bridgehead atoms. The Labute approximate surface area is 169 Å². The number of aryl methyl sites for hydroxylation is 1. The highest BCUT2D eigenvalue weighted by atomic mass is 16.5. The van der Waals surface area contributed by atoms with Crippen LogP contribution in [0.2, 0.25) is 0 Å². The molecular formula is C23H23N5O. The zero-order valence-electron chi connectivity index (χ0n) is 16.4. The number of anilines is 3. The first-order chi connectivity index (χ1) is 14.3. The Balaban J connectivity index is 1.43. The summed E-state index contributed by atoms with van der Waals surface area (Å²) in [5.41, 5.74) is 6.21. The summed E-state index contributed by atoms with van der Waals surface area (Å²) >= 11 is 0. The molecule has 0 aliphatic carbocycles. The third-order valence-electron chi connectivity index (χ3n) is 5.34. The number of ether oxygens (including phenoxy) is 1. The van der Waals surface area contributed by atoms with Gasteiger partial charge in [0.25, 0.3) is 0 Å². The van der Waals surface area contributed by atoms with E-state index in [4.69, 9.17) is 4.74 Å². The van der Waals surface area contributed by atoms with Crippen LogP contribution in [0.15, 0.2) is 66.9 Å². The van der Waals surface area contributed by atoms with Crippen LogP contribution in [0.3, 0.4) is 0 Å². The second kappa shape index (κ2) is 7.56. The van der Waals surface area contributed by atoms with Gasteiger partial charge in [-0.3, -0.25) is 4.98 Å². The highest BCUT2D eigenvalue weighted by molar-refractivity contribution is 5.83. The van der Waals surface area contributed by atoms with Crippen LogP contribution < -0.4 is 10.2 Å². The molecule has 0 spiro atoms. The maximum absolute atomic E-state index is 5.44. The van der Waals surface area contributed by atoms with Crippen molar-refractivity contribution < 1.29 is 4.74 Å². The predicted octanol–water partition coefficient (Wildman–Crippen LogP) is 4.22. The average molecular weight is 385 g/mol. The molecule has 6 nitrogen and oxygen atoms in total. The van der Waals surface area contributed by atoms with Gasteiger partial charge in [0.15, 0.2) is 0 Å². The fraction of sp³-hybridized carbons (Fsp3) is 0.217. The zero-order chi connectivity index (χ0) is 19.6. The van der Waals surface area contributed by atoms with Crippen molar-refractivity contribution in [3.8, 4) is 11.3 Å². The molecule has 3 heterocycles. The van der Waals surface area contributed by atoms with Crippen LogP contribution in [-0.4, -0.2) is 40.8 Å². The molecular weight excluding hydrogens is 362 g/mol. The van der Waals surface area contributed by atoms with Gasteiger partial charge in [-0.15, -0.1) is 0 Å². The summed E-state index contributed by atoms with van der Waals surface area (Å²) in [7, 11) is 2.02. The van der Waals surface area contributed by atoms with Crippen molar-refractivity contribution in [1.82, 2.24) is 14.5 Å². The number of rotatable bonds is 4. The lowest BCUT2D eigenvalue weighted by Crippen LogP contribution is -2.36. The van der Waals surface area contributed by atoms with Gasteiger partial charge in [0, 0.05) is 37.1 Å². The van der Waals surface area contributed by atoms with Gasteiger partial charge in [-0.1, -0.05) is 30.3 Å². The normalized spacial score (nSPS) is 14.3. The highest BCUT2D eigenvalue weighted by Gasteiger charge is 2.13. The lowest BCUT2D eigenvalue weighted by atomic mass is 10.1. The summed E-state index contributed by atoms with van der Waals surface area (Å²) < 4.78 is 7.51. The Bertz CT molecular complexity index is 1120. The number of hydrogen-bond acceptors (Lipinski definition) is 5. The number of fused-ring (bicyclic) bond motifs is 1. The van der Waals surface area contributed by atoms with E-state index in [1.165, 1.54) is 5.69 Å². The monoisotopic (exact) mass is 385 g/mol. The SMILES string of the molecule is Cn1c(Nc2ccccc2)nc2cnc(-c3ccc(N4CCOCC4)cc3)cc21. The molecule has 1 aliphatic rings. The molecule has 1 N–H and O–H groups in total. The van der Waals surface area contributed by atoms with E-state index in [2.05, 4.69) is 55.1 Å². The Morgan fingerprint density at radius 3 is 2.48 bits per heavy atom. The van der Waals surface area contributed by atoms with Gasteiger partial charge in [-0.2, -0.15) is 0 Å². The van der Waals surface area contributed by atoms with Crippen LogP contribution in [0.4, 0.5) is 17.3 Å². The molecule has 0 saturated carbocycles. The molecule has 5 rings (SSSR count). The molecule has 29 heavy (non-hydrogen) atoms. The van der Waals surface area contributed by atoms with E-state index >= 15 is 0 Å². The van der Waals surface area contributed by atoms with Gasteiger partial charge < -0.3 is 19.5 Å². The van der Waals surface area contributed by atoms with Gasteiger partial charge in [0.05, 0.1) is 30.6 Å². The quantitative estimate of drug-likeness (QED) is 0.570. The minimum Gasteiger partial charge on any atom is -0.378 e. The lowest BCUT2D eigenvalue weighted by Gasteiger charge is -2.28. The standard InChI is InChI=1S/C23H23N5O/c1-27-22-15-20(17-7-9-19(10-8-17)28-11-13-29-14-12-28)24-16-21(22)26-23(27)25-18-5-3-2-4-6-18/h2-10,15-16H,11-14H2,1H3,(H,25,26). The third-order valence-corrected chi connectivity index (χ3v) is 5.34. The van der Waals surface area contributed by atoms with Crippen molar-refractivity contribution in [2.24, 2.45) is 7.05 Å². The van der Waals surface area contributed by atoms with Crippen molar-refractivity contribution in [1.29, 1.82) is 0 Å². The smallest absolute Gasteiger partial charge is 0.208 e. The average Bonchev–Trinajstić information content (AvgIpc) is 3.10. The first-order valence-electron chi connectivity index (χ1n) is 9.85. The number of benzene rings is 2. The number of aromatic nitrogens is 3. The molecule has 1 aliphatic heterocycles. The number of imidazole rings is 1. The second-order valence-corrected chi connectivity index (χ2v) is 7.19. The van der Waals surface area contributed by atoms with E-state index in [0.717, 1.165) is 60.2 Å². The molecule has 0 radical (unpaired) electrons. The van der Waals surface area contributed by atoms with E-state index in [-0.39, 0.29) is 0 Å². The summed E-state index contributed by atoms with van der Waals surface area (Å²) in [6.07, 6.45) is 1.84. The Morgan fingerprint density at radius 1 is 0.966 bits per heavy atom. The summed E-state index contributed by atoms with van der Waals surface area (Å²) in [6.45, 7) is 3.46. The van der Waals surface area contributed by atoms with Crippen LogP contribution >= 0.6 is 0 Å². The van der Waals surface area contributed by atoms with Crippen molar-refractivity contribution in [2.75, 3.05) is 36.5 Å². The van der Waals surface area contributed by atoms with Crippen LogP contribution in [0, 0.1) is 0 Å². The molecule has 146 valence electrons. The lowest BCUT2D eigenvalue weighted by molar-refractivity contribution is 0.122. The van der Waals surface area contributed by atoms with Crippen LogP contribution in [-0.2, 0) is 11.8 Å². The first-order valence-corrected chi connectivity index (χ1v) is 9.85. The Kier molecular flexibility index (Phi) is 4.62. The van der Waals surface area contributed by atoms with Crippen molar-refractivity contribution in [3.63, 3.8) is 0 Å². The van der Waals surface area contributed by atoms with Gasteiger partial charge in [0.1, 0.15) is 5.52 Å². The minimum absolute atomic E-state index is 0.791. The maximum atomic E-state index is 5.44. The molecule has 1 fully saturated rings. The van der Waals surface area contributed by atoms with Crippen LogP contribution in [0.5, 0.6) is 0 Å². The summed E-state index contributed by atoms with van der Waals surface area (Å²) in [5, 5.41) is 3.37. The van der Waals surface area contributed by atoms with Crippen LogP contribution in [0.1, 0.15) is 0 Å². The zero-order valence-corrected chi connectivity index (χ0v) is 16.4. The van der Waals surface area contributed by atoms with Gasteiger partial charge in [-0.05, 0) is 30.3 Å². The summed E-state index contributed by atoms with van der Waals surface area (Å²) in [5.74, 6) is 0.799. The Morgan fingerprint density at radius 2 is 1.72 bits per heavy atom. The number of nitrogens with one attached hydrogen (secondary N) is 1. The van der Waals surface area contributed by atoms with Gasteiger partial charge in [0.2, 0.25) is 5.95 Å². The summed E-state index contributed by atoms with van der Waals surface area (Å²) in [4.78, 5) is 11.7. The first kappa shape index (κ1) is 17.7. The molecule has 0 amide bonds. The third kappa shape index (κ3) is 3.54. The largest absolute Gasteiger partial charge is 0.378 e. The van der Waals surface area contributed by atoms with Crippen LogP contribution in [0.25, 0.3) is 22.3 Å². The number of hydrogen-bond donors (Lipinski definition) is 1. The van der Waals surface area contributed by atoms with E-state index < -0.39 is 0 Å². The fourth-order valence-corrected chi connectivity index (χ4v) is 3.68.